The maximum atomic E-state index is 13.5. The number of carbonyl (C=O) groups is 1. The van der Waals surface area contributed by atoms with Crippen molar-refractivity contribution >= 4 is 23.1 Å². The van der Waals surface area contributed by atoms with Gasteiger partial charge in [0.25, 0.3) is 11.6 Å². The highest BCUT2D eigenvalue weighted by molar-refractivity contribution is 5.92. The first kappa shape index (κ1) is 16.7. The number of hydrogen-bond acceptors (Lipinski definition) is 7. The summed E-state index contributed by atoms with van der Waals surface area (Å²) >= 11 is 0. The Bertz CT molecular complexity index is 813. The molecule has 0 fully saturated rings. The summed E-state index contributed by atoms with van der Waals surface area (Å²) in [6.07, 6.45) is 1.18. The molecule has 0 aliphatic heterocycles. The largest absolute Gasteiger partial charge is 0.476 e. The zero-order chi connectivity index (χ0) is 17.7. The minimum Gasteiger partial charge on any atom is -0.476 e. The molecule has 0 saturated heterocycles. The second kappa shape index (κ2) is 7.09. The Hall–Kier alpha value is -3.63. The molecule has 0 aliphatic carbocycles. The highest BCUT2D eigenvalue weighted by Gasteiger charge is 2.18. The lowest BCUT2D eigenvalue weighted by molar-refractivity contribution is -0.390. The SMILES string of the molecule is O=C(COc1cccnc1[N+](=O)[O-])Nc1cc([N+](=O)[O-])ccc1F. The third-order valence-electron chi connectivity index (χ3n) is 2.72. The van der Waals surface area contributed by atoms with Gasteiger partial charge in [-0.15, -0.1) is 0 Å². The van der Waals surface area contributed by atoms with Crippen LogP contribution in [0.3, 0.4) is 0 Å². The number of pyridine rings is 1. The highest BCUT2D eigenvalue weighted by atomic mass is 19.1. The Labute approximate surface area is 133 Å². The van der Waals surface area contributed by atoms with Gasteiger partial charge in [0.05, 0.1) is 10.6 Å². The van der Waals surface area contributed by atoms with Crippen molar-refractivity contribution in [2.75, 3.05) is 11.9 Å². The van der Waals surface area contributed by atoms with Gasteiger partial charge in [-0.2, -0.15) is 0 Å². The van der Waals surface area contributed by atoms with Crippen LogP contribution in [0.15, 0.2) is 36.5 Å². The Morgan fingerprint density at radius 3 is 2.67 bits per heavy atom. The fraction of sp³-hybridized carbons (Fsp3) is 0.0769. The molecule has 2 rings (SSSR count). The van der Waals surface area contributed by atoms with E-state index in [9.17, 15) is 29.4 Å². The number of carbonyl (C=O) groups excluding carboxylic acids is 1. The Morgan fingerprint density at radius 2 is 2.00 bits per heavy atom. The summed E-state index contributed by atoms with van der Waals surface area (Å²) in [6, 6.07) is 5.24. The van der Waals surface area contributed by atoms with Gasteiger partial charge >= 0.3 is 5.82 Å². The lowest BCUT2D eigenvalue weighted by Crippen LogP contribution is -2.21. The minimum atomic E-state index is -0.874. The quantitative estimate of drug-likeness (QED) is 0.629. The van der Waals surface area contributed by atoms with E-state index in [2.05, 4.69) is 10.3 Å². The molecule has 2 aromatic rings. The summed E-state index contributed by atoms with van der Waals surface area (Å²) in [7, 11) is 0. The molecule has 10 nitrogen and oxygen atoms in total. The van der Waals surface area contributed by atoms with Crippen LogP contribution in [0.2, 0.25) is 0 Å². The van der Waals surface area contributed by atoms with Crippen molar-refractivity contribution in [3.05, 3.63) is 62.6 Å². The van der Waals surface area contributed by atoms with Crippen LogP contribution >= 0.6 is 0 Å². The lowest BCUT2D eigenvalue weighted by atomic mass is 10.2. The van der Waals surface area contributed by atoms with Crippen LogP contribution in [0.4, 0.5) is 21.6 Å². The van der Waals surface area contributed by atoms with Crippen LogP contribution in [0.25, 0.3) is 0 Å². The molecule has 0 atom stereocenters. The number of nitrogens with zero attached hydrogens (tertiary/aromatic N) is 3. The van der Waals surface area contributed by atoms with Crippen molar-refractivity contribution in [2.24, 2.45) is 0 Å². The molecule has 0 spiro atoms. The van der Waals surface area contributed by atoms with Gasteiger partial charge in [0.1, 0.15) is 12.0 Å². The fourth-order valence-electron chi connectivity index (χ4n) is 1.68. The number of nitro benzene ring substituents is 1. The van der Waals surface area contributed by atoms with Crippen LogP contribution in [-0.4, -0.2) is 27.3 Å². The second-order valence-electron chi connectivity index (χ2n) is 4.34. The fourth-order valence-corrected chi connectivity index (χ4v) is 1.68. The third-order valence-corrected chi connectivity index (χ3v) is 2.72. The molecule has 0 unspecified atom stereocenters. The summed E-state index contributed by atoms with van der Waals surface area (Å²) in [5, 5.41) is 23.5. The number of nitrogens with one attached hydrogen (secondary N) is 1. The molecule has 24 heavy (non-hydrogen) atoms. The Balaban J connectivity index is 2.06. The molecule has 0 radical (unpaired) electrons. The number of benzene rings is 1. The van der Waals surface area contributed by atoms with Crippen molar-refractivity contribution < 1.29 is 23.8 Å². The Morgan fingerprint density at radius 1 is 1.25 bits per heavy atom. The molecule has 1 N–H and O–H groups in total. The molecular formula is C13H9FN4O6. The molecule has 1 amide bonds. The first-order valence-corrected chi connectivity index (χ1v) is 6.34. The van der Waals surface area contributed by atoms with Gasteiger partial charge in [-0.25, -0.2) is 4.39 Å². The number of anilines is 1. The van der Waals surface area contributed by atoms with Crippen molar-refractivity contribution in [2.45, 2.75) is 0 Å². The van der Waals surface area contributed by atoms with Crippen LogP contribution < -0.4 is 10.1 Å². The predicted octanol–water partition coefficient (Wildman–Crippen LogP) is 2.05. The zero-order valence-corrected chi connectivity index (χ0v) is 11.8. The summed E-state index contributed by atoms with van der Waals surface area (Å²) in [5.74, 6) is -2.54. The molecule has 1 aromatic carbocycles. The average molecular weight is 336 g/mol. The molecule has 0 bridgehead atoms. The molecule has 0 aliphatic rings. The van der Waals surface area contributed by atoms with E-state index in [1.807, 2.05) is 0 Å². The highest BCUT2D eigenvalue weighted by Crippen LogP contribution is 2.23. The van der Waals surface area contributed by atoms with Crippen LogP contribution in [0, 0.1) is 26.0 Å². The van der Waals surface area contributed by atoms with Gasteiger partial charge in [-0.3, -0.25) is 14.9 Å². The smallest absolute Gasteiger partial charge is 0.406 e. The zero-order valence-electron chi connectivity index (χ0n) is 11.8. The molecule has 0 saturated carbocycles. The van der Waals surface area contributed by atoms with E-state index < -0.39 is 45.4 Å². The van der Waals surface area contributed by atoms with Crippen molar-refractivity contribution in [3.63, 3.8) is 0 Å². The number of non-ortho nitro benzene ring substituents is 1. The van der Waals surface area contributed by atoms with Gasteiger partial charge in [-0.05, 0) is 28.1 Å². The molecule has 124 valence electrons. The van der Waals surface area contributed by atoms with Gasteiger partial charge < -0.3 is 20.2 Å². The van der Waals surface area contributed by atoms with Gasteiger partial charge in [0.2, 0.25) is 5.75 Å². The summed E-state index contributed by atoms with van der Waals surface area (Å²) in [6.45, 7) is -0.672. The van der Waals surface area contributed by atoms with Gasteiger partial charge in [0, 0.05) is 12.1 Å². The summed E-state index contributed by atoms with van der Waals surface area (Å²) < 4.78 is 18.5. The molecule has 1 aromatic heterocycles. The topological polar surface area (TPSA) is 138 Å². The number of amides is 1. The van der Waals surface area contributed by atoms with Crippen molar-refractivity contribution in [1.82, 2.24) is 4.98 Å². The van der Waals surface area contributed by atoms with Crippen LogP contribution in [-0.2, 0) is 4.79 Å². The standard InChI is InChI=1S/C13H9FN4O6/c14-9-4-3-8(17(20)21)6-10(9)16-12(19)7-24-11-2-1-5-15-13(11)18(22)23/h1-6H,7H2,(H,16,19). The van der Waals surface area contributed by atoms with Crippen molar-refractivity contribution in [1.29, 1.82) is 0 Å². The number of ether oxygens (including phenoxy) is 1. The third kappa shape index (κ3) is 3.97. The van der Waals surface area contributed by atoms with Crippen molar-refractivity contribution in [3.8, 4) is 5.75 Å². The number of aromatic nitrogens is 1. The molecule has 1 heterocycles. The lowest BCUT2D eigenvalue weighted by Gasteiger charge is -2.08. The van der Waals surface area contributed by atoms with E-state index in [-0.39, 0.29) is 5.75 Å². The van der Waals surface area contributed by atoms with Gasteiger partial charge in [-0.1, -0.05) is 0 Å². The maximum Gasteiger partial charge on any atom is 0.406 e. The average Bonchev–Trinajstić information content (AvgIpc) is 2.55. The van der Waals surface area contributed by atoms with E-state index >= 15 is 0 Å². The summed E-state index contributed by atoms with van der Waals surface area (Å²) in [5.41, 5.74) is -0.811. The summed E-state index contributed by atoms with van der Waals surface area (Å²) in [4.78, 5) is 35.1. The van der Waals surface area contributed by atoms with E-state index in [1.165, 1.54) is 18.3 Å². The predicted molar refractivity (Wildman–Crippen MR) is 78.1 cm³/mol. The second-order valence-corrected chi connectivity index (χ2v) is 4.34. The maximum absolute atomic E-state index is 13.5. The molecular weight excluding hydrogens is 327 g/mol. The number of halogens is 1. The molecule has 11 heteroatoms. The number of rotatable bonds is 6. The van der Waals surface area contributed by atoms with E-state index in [1.54, 1.807) is 0 Å². The number of hydrogen-bond donors (Lipinski definition) is 1. The van der Waals surface area contributed by atoms with Gasteiger partial charge in [0.15, 0.2) is 6.61 Å². The van der Waals surface area contributed by atoms with Crippen LogP contribution in [0.1, 0.15) is 0 Å². The first-order valence-electron chi connectivity index (χ1n) is 6.34. The normalized spacial score (nSPS) is 10.0. The van der Waals surface area contributed by atoms with E-state index in [0.29, 0.717) is 0 Å². The van der Waals surface area contributed by atoms with Crippen LogP contribution in [0.5, 0.6) is 5.75 Å². The monoisotopic (exact) mass is 336 g/mol. The van der Waals surface area contributed by atoms with E-state index in [4.69, 9.17) is 4.74 Å². The Kier molecular flexibility index (Phi) is 4.94. The first-order chi connectivity index (χ1) is 11.4. The minimum absolute atomic E-state index is 0.239. The number of nitro groups is 2. The van der Waals surface area contributed by atoms with E-state index in [0.717, 1.165) is 18.2 Å².